The number of rotatable bonds is 4. The second kappa shape index (κ2) is 7.93. The van der Waals surface area contributed by atoms with Gasteiger partial charge in [-0.2, -0.15) is 0 Å². The number of anilines is 1. The third-order valence-corrected chi connectivity index (χ3v) is 6.30. The summed E-state index contributed by atoms with van der Waals surface area (Å²) < 4.78 is 11.3. The molecule has 33 heavy (non-hydrogen) atoms. The minimum Gasteiger partial charge on any atom is -0.497 e. The Bertz CT molecular complexity index is 1420. The molecular weight excluding hydrogens is 414 g/mol. The van der Waals surface area contributed by atoms with Crippen molar-refractivity contribution >= 4 is 22.6 Å². The van der Waals surface area contributed by atoms with Crippen molar-refractivity contribution in [3.63, 3.8) is 0 Å². The molecule has 0 spiro atoms. The largest absolute Gasteiger partial charge is 0.497 e. The fourth-order valence-corrected chi connectivity index (χ4v) is 4.47. The molecule has 166 valence electrons. The molecule has 0 fully saturated rings. The smallest absolute Gasteiger partial charge is 0.295 e. The number of hydrogen-bond donors (Lipinski definition) is 0. The van der Waals surface area contributed by atoms with Gasteiger partial charge in [-0.05, 0) is 60.4 Å². The fourth-order valence-electron chi connectivity index (χ4n) is 4.47. The lowest BCUT2D eigenvalue weighted by molar-refractivity contribution is 0.0971. The highest BCUT2D eigenvalue weighted by molar-refractivity contribution is 6.10. The molecule has 1 aliphatic rings. The van der Waals surface area contributed by atoms with E-state index in [9.17, 15) is 9.59 Å². The van der Waals surface area contributed by atoms with Crippen LogP contribution in [0.5, 0.6) is 5.75 Å². The van der Waals surface area contributed by atoms with Gasteiger partial charge >= 0.3 is 0 Å². The number of carbonyl (C=O) groups excluding carboxylic acids is 1. The van der Waals surface area contributed by atoms with E-state index in [-0.39, 0.29) is 17.1 Å². The van der Waals surface area contributed by atoms with Gasteiger partial charge in [0.1, 0.15) is 11.3 Å². The Morgan fingerprint density at radius 2 is 1.64 bits per heavy atom. The molecule has 0 bridgehead atoms. The lowest BCUT2D eigenvalue weighted by atomic mass is 9.95. The van der Waals surface area contributed by atoms with Crippen LogP contribution in [0.4, 0.5) is 5.69 Å². The van der Waals surface area contributed by atoms with E-state index in [2.05, 4.69) is 26.0 Å². The van der Waals surface area contributed by atoms with E-state index in [1.54, 1.807) is 30.2 Å². The minimum absolute atomic E-state index is 0.102. The summed E-state index contributed by atoms with van der Waals surface area (Å²) in [5, 5.41) is 0.488. The van der Waals surface area contributed by atoms with Crippen molar-refractivity contribution in [2.24, 2.45) is 0 Å². The summed E-state index contributed by atoms with van der Waals surface area (Å²) >= 11 is 0. The predicted octanol–water partition coefficient (Wildman–Crippen LogP) is 5.98. The standard InChI is InChI=1S/C28H25NO4/c1-16(2)18-6-8-19(9-7-18)25-24-26(30)22-15-17(3)5-14-23(22)33-27(24)28(31)29(25)20-10-12-21(32-4)13-11-20/h5-16,25H,1-4H3. The Hall–Kier alpha value is -3.86. The Kier molecular flexibility index (Phi) is 5.05. The number of aryl methyl sites for hydroxylation is 1. The number of hydrogen-bond acceptors (Lipinski definition) is 4. The molecule has 4 aromatic rings. The molecule has 0 aliphatic carbocycles. The van der Waals surface area contributed by atoms with E-state index < -0.39 is 6.04 Å². The van der Waals surface area contributed by atoms with Gasteiger partial charge in [-0.25, -0.2) is 0 Å². The van der Waals surface area contributed by atoms with Crippen LogP contribution in [0.25, 0.3) is 11.0 Å². The van der Waals surface area contributed by atoms with Gasteiger partial charge in [0.2, 0.25) is 5.76 Å². The van der Waals surface area contributed by atoms with Crippen LogP contribution in [0.15, 0.2) is 75.9 Å². The summed E-state index contributed by atoms with van der Waals surface area (Å²) in [7, 11) is 1.60. The first-order valence-corrected chi connectivity index (χ1v) is 11.0. The maximum absolute atomic E-state index is 13.7. The number of methoxy groups -OCH3 is 1. The van der Waals surface area contributed by atoms with Crippen LogP contribution in [0.1, 0.15) is 58.6 Å². The number of fused-ring (bicyclic) bond motifs is 2. The molecule has 1 amide bonds. The average Bonchev–Trinajstić information content (AvgIpc) is 3.12. The summed E-state index contributed by atoms with van der Waals surface area (Å²) in [6, 6.07) is 20.2. The first-order chi connectivity index (χ1) is 15.9. The Balaban J connectivity index is 1.75. The normalized spacial score (nSPS) is 15.4. The number of benzene rings is 3. The van der Waals surface area contributed by atoms with E-state index >= 15 is 0 Å². The zero-order valence-electron chi connectivity index (χ0n) is 19.1. The molecule has 1 unspecified atom stereocenters. The van der Waals surface area contributed by atoms with Crippen molar-refractivity contribution in [2.45, 2.75) is 32.7 Å². The average molecular weight is 440 g/mol. The van der Waals surface area contributed by atoms with Crippen molar-refractivity contribution in [1.82, 2.24) is 0 Å². The molecule has 1 atom stereocenters. The first-order valence-electron chi connectivity index (χ1n) is 11.0. The van der Waals surface area contributed by atoms with Gasteiger partial charge in [0.25, 0.3) is 5.91 Å². The number of nitrogens with zero attached hydrogens (tertiary/aromatic N) is 1. The Labute approximate surface area is 192 Å². The molecule has 0 radical (unpaired) electrons. The molecule has 1 aromatic heterocycles. The van der Waals surface area contributed by atoms with Crippen LogP contribution < -0.4 is 15.1 Å². The first kappa shape index (κ1) is 21.0. The van der Waals surface area contributed by atoms with Crippen LogP contribution in [0.3, 0.4) is 0 Å². The van der Waals surface area contributed by atoms with E-state index in [0.29, 0.717) is 33.9 Å². The Morgan fingerprint density at radius 3 is 2.27 bits per heavy atom. The summed E-state index contributed by atoms with van der Waals surface area (Å²) in [6.07, 6.45) is 0. The highest BCUT2D eigenvalue weighted by Crippen LogP contribution is 2.41. The van der Waals surface area contributed by atoms with Crippen molar-refractivity contribution in [1.29, 1.82) is 0 Å². The highest BCUT2D eigenvalue weighted by atomic mass is 16.5. The lowest BCUT2D eigenvalue weighted by Gasteiger charge is -2.25. The van der Waals surface area contributed by atoms with E-state index in [1.165, 1.54) is 5.56 Å². The number of ether oxygens (including phenoxy) is 1. The van der Waals surface area contributed by atoms with Crippen LogP contribution in [0, 0.1) is 6.92 Å². The molecule has 0 N–H and O–H groups in total. The Morgan fingerprint density at radius 1 is 0.939 bits per heavy atom. The molecule has 0 saturated carbocycles. The zero-order chi connectivity index (χ0) is 23.3. The van der Waals surface area contributed by atoms with Crippen molar-refractivity contribution in [2.75, 3.05) is 12.0 Å². The molecular formula is C28H25NO4. The van der Waals surface area contributed by atoms with Crippen molar-refractivity contribution in [3.8, 4) is 5.75 Å². The van der Waals surface area contributed by atoms with Gasteiger partial charge in [0, 0.05) is 5.69 Å². The van der Waals surface area contributed by atoms with Crippen molar-refractivity contribution < 1.29 is 13.9 Å². The van der Waals surface area contributed by atoms with Gasteiger partial charge < -0.3 is 9.15 Å². The van der Waals surface area contributed by atoms with Gasteiger partial charge in [-0.3, -0.25) is 14.5 Å². The van der Waals surface area contributed by atoms with Gasteiger partial charge in [0.05, 0.1) is 24.1 Å². The molecule has 3 aromatic carbocycles. The third kappa shape index (κ3) is 3.41. The molecule has 2 heterocycles. The summed E-state index contributed by atoms with van der Waals surface area (Å²) in [5.74, 6) is 0.847. The molecule has 5 nitrogen and oxygen atoms in total. The van der Waals surface area contributed by atoms with E-state index in [4.69, 9.17) is 9.15 Å². The zero-order valence-corrected chi connectivity index (χ0v) is 19.1. The summed E-state index contributed by atoms with van der Waals surface area (Å²) in [5.41, 5.74) is 4.32. The van der Waals surface area contributed by atoms with Crippen LogP contribution in [-0.2, 0) is 0 Å². The molecule has 5 rings (SSSR count). The van der Waals surface area contributed by atoms with Gasteiger partial charge in [-0.15, -0.1) is 0 Å². The quantitative estimate of drug-likeness (QED) is 0.392. The number of carbonyl (C=O) groups is 1. The monoisotopic (exact) mass is 439 g/mol. The summed E-state index contributed by atoms with van der Waals surface area (Å²) in [6.45, 7) is 6.20. The van der Waals surface area contributed by atoms with Crippen LogP contribution in [-0.4, -0.2) is 13.0 Å². The maximum Gasteiger partial charge on any atom is 0.295 e. The van der Waals surface area contributed by atoms with Gasteiger partial charge in [0.15, 0.2) is 5.43 Å². The van der Waals surface area contributed by atoms with E-state index in [1.807, 2.05) is 43.3 Å². The predicted molar refractivity (Wildman–Crippen MR) is 129 cm³/mol. The van der Waals surface area contributed by atoms with Crippen LogP contribution >= 0.6 is 0 Å². The van der Waals surface area contributed by atoms with Crippen molar-refractivity contribution in [3.05, 3.63) is 105 Å². The third-order valence-electron chi connectivity index (χ3n) is 6.30. The summed E-state index contributed by atoms with van der Waals surface area (Å²) in [4.78, 5) is 29.0. The second-order valence-corrected chi connectivity index (χ2v) is 8.77. The highest BCUT2D eigenvalue weighted by Gasteiger charge is 2.43. The second-order valence-electron chi connectivity index (χ2n) is 8.77. The van der Waals surface area contributed by atoms with E-state index in [0.717, 1.165) is 11.1 Å². The molecule has 1 aliphatic heterocycles. The minimum atomic E-state index is -0.580. The topological polar surface area (TPSA) is 59.8 Å². The molecule has 0 saturated heterocycles. The lowest BCUT2D eigenvalue weighted by Crippen LogP contribution is -2.29. The van der Waals surface area contributed by atoms with Crippen LogP contribution in [0.2, 0.25) is 0 Å². The fraction of sp³-hybridized carbons (Fsp3) is 0.214. The molecule has 5 heteroatoms. The SMILES string of the molecule is COc1ccc(N2C(=O)c3oc4ccc(C)cc4c(=O)c3C2c2ccc(C(C)C)cc2)cc1. The maximum atomic E-state index is 13.7. The van der Waals surface area contributed by atoms with Gasteiger partial charge in [-0.1, -0.05) is 49.7 Å². The number of amides is 1.